The molecule has 0 aliphatic heterocycles. The molecule has 1 aromatic carbocycles. The lowest BCUT2D eigenvalue weighted by molar-refractivity contribution is 0.0951. The fourth-order valence-electron chi connectivity index (χ4n) is 2.54. The van der Waals surface area contributed by atoms with E-state index in [2.05, 4.69) is 24.2 Å². The Morgan fingerprint density at radius 2 is 1.79 bits per heavy atom. The van der Waals surface area contributed by atoms with Crippen molar-refractivity contribution in [2.75, 3.05) is 32.9 Å². The topological polar surface area (TPSA) is 66.5 Å². The minimum Gasteiger partial charge on any atom is -0.352 e. The minimum atomic E-state index is -3.17. The highest BCUT2D eigenvalue weighted by Gasteiger charge is 2.14. The highest BCUT2D eigenvalue weighted by atomic mass is 32.2. The van der Waals surface area contributed by atoms with Gasteiger partial charge in [-0.3, -0.25) is 4.79 Å². The lowest BCUT2D eigenvalue weighted by Gasteiger charge is -2.16. The number of nitrogens with zero attached hydrogens (tertiary/aromatic N) is 1. The maximum atomic E-state index is 12.3. The van der Waals surface area contributed by atoms with Crippen LogP contribution in [-0.4, -0.2) is 52.2 Å². The first-order chi connectivity index (χ1) is 11.3. The molecule has 1 rings (SSSR count). The van der Waals surface area contributed by atoms with Gasteiger partial charge in [-0.25, -0.2) is 8.42 Å². The average Bonchev–Trinajstić information content (AvgIpc) is 2.50. The molecule has 0 aliphatic carbocycles. The quantitative estimate of drug-likeness (QED) is 0.620. The number of hydrogen-bond donors (Lipinski definition) is 1. The van der Waals surface area contributed by atoms with Crippen LogP contribution in [0.2, 0.25) is 0 Å². The maximum absolute atomic E-state index is 12.3. The van der Waals surface area contributed by atoms with Crippen molar-refractivity contribution in [2.45, 2.75) is 38.4 Å². The summed E-state index contributed by atoms with van der Waals surface area (Å²) in [6, 6.07) is 6.87. The van der Waals surface area contributed by atoms with Gasteiger partial charge in [-0.1, -0.05) is 38.0 Å². The van der Waals surface area contributed by atoms with Crippen molar-refractivity contribution >= 4 is 15.7 Å². The van der Waals surface area contributed by atoms with Crippen LogP contribution >= 0.6 is 0 Å². The van der Waals surface area contributed by atoms with Crippen LogP contribution in [0.1, 0.15) is 48.5 Å². The van der Waals surface area contributed by atoms with Crippen molar-refractivity contribution in [3.8, 4) is 0 Å². The van der Waals surface area contributed by atoms with Crippen LogP contribution in [0.4, 0.5) is 0 Å². The van der Waals surface area contributed by atoms with Gasteiger partial charge in [0.05, 0.1) is 5.75 Å². The zero-order valence-corrected chi connectivity index (χ0v) is 15.9. The predicted octanol–water partition coefficient (Wildman–Crippen LogP) is 2.47. The van der Waals surface area contributed by atoms with Crippen LogP contribution in [-0.2, 0) is 15.6 Å². The van der Waals surface area contributed by atoms with Gasteiger partial charge < -0.3 is 10.2 Å². The molecule has 1 aromatic rings. The first-order valence-corrected chi connectivity index (χ1v) is 10.6. The molecule has 0 atom stereocenters. The van der Waals surface area contributed by atoms with Crippen molar-refractivity contribution in [3.05, 3.63) is 35.4 Å². The molecule has 0 spiro atoms. The number of rotatable bonds is 11. The van der Waals surface area contributed by atoms with Gasteiger partial charge in [-0.05, 0) is 44.6 Å². The first kappa shape index (κ1) is 20.6. The molecule has 24 heavy (non-hydrogen) atoms. The van der Waals surface area contributed by atoms with Gasteiger partial charge in [-0.2, -0.15) is 0 Å². The van der Waals surface area contributed by atoms with Gasteiger partial charge in [0, 0.05) is 18.4 Å². The molecule has 0 saturated carbocycles. The van der Waals surface area contributed by atoms with Crippen molar-refractivity contribution in [3.63, 3.8) is 0 Å². The average molecular weight is 355 g/mol. The summed E-state index contributed by atoms with van der Waals surface area (Å²) >= 11 is 0. The lowest BCUT2D eigenvalue weighted by Crippen LogP contribution is -2.29. The number of carbonyl (C=O) groups excluding carboxylic acids is 1. The Kier molecular flexibility index (Phi) is 9.00. The van der Waals surface area contributed by atoms with Crippen molar-refractivity contribution in [2.24, 2.45) is 0 Å². The Hall–Kier alpha value is -1.40. The van der Waals surface area contributed by atoms with E-state index in [4.69, 9.17) is 0 Å². The zero-order valence-electron chi connectivity index (χ0n) is 15.0. The monoisotopic (exact) mass is 354 g/mol. The van der Waals surface area contributed by atoms with Crippen LogP contribution in [0.25, 0.3) is 0 Å². The molecule has 5 nitrogen and oxygen atoms in total. The van der Waals surface area contributed by atoms with Gasteiger partial charge in [0.2, 0.25) is 0 Å². The number of benzene rings is 1. The largest absolute Gasteiger partial charge is 0.352 e. The standard InChI is InChI=1S/C18H30N2O3S/c1-4-5-8-13-20(2)14-9-12-19-18(21)17-11-7-6-10-16(17)15-24(3,22)23/h6-7,10-11H,4-5,8-9,12-15H2,1-3H3,(H,19,21). The second-order valence-corrected chi connectivity index (χ2v) is 8.49. The Balaban J connectivity index is 2.43. The van der Waals surface area contributed by atoms with E-state index in [9.17, 15) is 13.2 Å². The molecule has 0 saturated heterocycles. The predicted molar refractivity (Wildman–Crippen MR) is 99.0 cm³/mol. The van der Waals surface area contributed by atoms with Crippen molar-refractivity contribution in [1.29, 1.82) is 0 Å². The highest BCUT2D eigenvalue weighted by molar-refractivity contribution is 7.89. The summed E-state index contributed by atoms with van der Waals surface area (Å²) < 4.78 is 23.0. The second-order valence-electron chi connectivity index (χ2n) is 6.35. The molecule has 0 heterocycles. The summed E-state index contributed by atoms with van der Waals surface area (Å²) in [5.74, 6) is -0.320. The van der Waals surface area contributed by atoms with Crippen LogP contribution in [0.5, 0.6) is 0 Å². The number of carbonyl (C=O) groups is 1. The van der Waals surface area contributed by atoms with Gasteiger partial charge in [0.1, 0.15) is 0 Å². The Morgan fingerprint density at radius 1 is 1.12 bits per heavy atom. The summed E-state index contributed by atoms with van der Waals surface area (Å²) in [5.41, 5.74) is 0.994. The minimum absolute atomic E-state index is 0.114. The SMILES string of the molecule is CCCCCN(C)CCCNC(=O)c1ccccc1CS(C)(=O)=O. The summed E-state index contributed by atoms with van der Waals surface area (Å²) in [4.78, 5) is 14.6. The smallest absolute Gasteiger partial charge is 0.251 e. The van der Waals surface area contributed by atoms with E-state index < -0.39 is 9.84 Å². The number of unbranched alkanes of at least 4 members (excludes halogenated alkanes) is 2. The third kappa shape index (κ3) is 8.45. The number of hydrogen-bond acceptors (Lipinski definition) is 4. The Bertz CT molecular complexity index is 614. The number of amides is 1. The fraction of sp³-hybridized carbons (Fsp3) is 0.611. The van der Waals surface area contributed by atoms with E-state index in [-0.39, 0.29) is 11.7 Å². The molecule has 1 N–H and O–H groups in total. The van der Waals surface area contributed by atoms with E-state index in [0.29, 0.717) is 17.7 Å². The van der Waals surface area contributed by atoms with E-state index in [1.54, 1.807) is 24.3 Å². The van der Waals surface area contributed by atoms with E-state index >= 15 is 0 Å². The van der Waals surface area contributed by atoms with Gasteiger partial charge >= 0.3 is 0 Å². The molecule has 0 bridgehead atoms. The lowest BCUT2D eigenvalue weighted by atomic mass is 10.1. The van der Waals surface area contributed by atoms with Gasteiger partial charge in [0.25, 0.3) is 5.91 Å². The molecule has 136 valence electrons. The summed E-state index contributed by atoms with van der Waals surface area (Å²) in [6.45, 7) is 4.80. The molecule has 6 heteroatoms. The molecule has 0 aliphatic rings. The normalized spacial score (nSPS) is 11.7. The molecular formula is C18H30N2O3S. The van der Waals surface area contributed by atoms with Crippen molar-refractivity contribution in [1.82, 2.24) is 10.2 Å². The third-order valence-corrected chi connectivity index (χ3v) is 4.66. The highest BCUT2D eigenvalue weighted by Crippen LogP contribution is 2.12. The van der Waals surface area contributed by atoms with E-state index in [1.165, 1.54) is 25.5 Å². The van der Waals surface area contributed by atoms with E-state index in [0.717, 1.165) is 19.5 Å². The van der Waals surface area contributed by atoms with E-state index in [1.807, 2.05) is 0 Å². The summed E-state index contributed by atoms with van der Waals surface area (Å²) in [7, 11) is -1.07. The van der Waals surface area contributed by atoms with Crippen LogP contribution in [0, 0.1) is 0 Å². The Morgan fingerprint density at radius 3 is 2.46 bits per heavy atom. The third-order valence-electron chi connectivity index (χ3n) is 3.83. The maximum Gasteiger partial charge on any atom is 0.251 e. The first-order valence-electron chi connectivity index (χ1n) is 8.56. The number of sulfone groups is 1. The molecule has 0 radical (unpaired) electrons. The molecule has 0 unspecified atom stereocenters. The Labute approximate surface area is 146 Å². The number of nitrogens with one attached hydrogen (secondary N) is 1. The summed E-state index contributed by atoms with van der Waals surface area (Å²) in [6.07, 6.45) is 5.73. The van der Waals surface area contributed by atoms with Crippen LogP contribution < -0.4 is 5.32 Å². The van der Waals surface area contributed by atoms with Crippen LogP contribution in [0.3, 0.4) is 0 Å². The molecular weight excluding hydrogens is 324 g/mol. The molecule has 1 amide bonds. The zero-order chi connectivity index (χ0) is 18.0. The van der Waals surface area contributed by atoms with Crippen molar-refractivity contribution < 1.29 is 13.2 Å². The van der Waals surface area contributed by atoms with Crippen LogP contribution in [0.15, 0.2) is 24.3 Å². The van der Waals surface area contributed by atoms with Gasteiger partial charge in [-0.15, -0.1) is 0 Å². The fourth-order valence-corrected chi connectivity index (χ4v) is 3.36. The summed E-state index contributed by atoms with van der Waals surface area (Å²) in [5, 5.41) is 2.89. The molecule has 0 aromatic heterocycles. The second kappa shape index (κ2) is 10.5. The van der Waals surface area contributed by atoms with Gasteiger partial charge in [0.15, 0.2) is 9.84 Å². The molecule has 0 fully saturated rings.